The van der Waals surface area contributed by atoms with Crippen molar-refractivity contribution in [2.75, 3.05) is 12.4 Å². The van der Waals surface area contributed by atoms with Gasteiger partial charge in [-0.2, -0.15) is 0 Å². The zero-order valence-electron chi connectivity index (χ0n) is 14.7. The van der Waals surface area contributed by atoms with Crippen LogP contribution in [0.3, 0.4) is 0 Å². The number of carbonyl (C=O) groups excluding carboxylic acids is 1. The lowest BCUT2D eigenvalue weighted by Gasteiger charge is -2.37. The van der Waals surface area contributed by atoms with E-state index in [4.69, 9.17) is 0 Å². The van der Waals surface area contributed by atoms with Gasteiger partial charge in [0, 0.05) is 19.1 Å². The Kier molecular flexibility index (Phi) is 6.23. The van der Waals surface area contributed by atoms with E-state index < -0.39 is 0 Å². The molecular weight excluding hydrogens is 340 g/mol. The normalized spacial score (nSPS) is 12.7. The van der Waals surface area contributed by atoms with Gasteiger partial charge in [0.2, 0.25) is 11.0 Å². The second-order valence-electron chi connectivity index (χ2n) is 6.46. The molecule has 5 nitrogen and oxygen atoms in total. The Hall–Kier alpha value is -1.60. The van der Waals surface area contributed by atoms with Crippen molar-refractivity contribution in [2.24, 2.45) is 0 Å². The molecule has 2 aromatic rings. The number of anilines is 1. The molecule has 0 unspecified atom stereocenters. The number of hydrogen-bond acceptors (Lipinski definition) is 6. The third-order valence-corrected chi connectivity index (χ3v) is 5.62. The van der Waals surface area contributed by atoms with Crippen molar-refractivity contribution < 1.29 is 4.79 Å². The first-order valence-corrected chi connectivity index (χ1v) is 9.54. The van der Waals surface area contributed by atoms with Gasteiger partial charge in [0.05, 0.1) is 5.25 Å². The monoisotopic (exact) mass is 364 g/mol. The molecule has 0 aliphatic rings. The number of amides is 1. The van der Waals surface area contributed by atoms with Crippen LogP contribution in [0.15, 0.2) is 34.7 Å². The fourth-order valence-corrected chi connectivity index (χ4v) is 4.10. The van der Waals surface area contributed by atoms with Gasteiger partial charge < -0.3 is 10.2 Å². The van der Waals surface area contributed by atoms with Crippen molar-refractivity contribution >= 4 is 34.1 Å². The molecule has 0 saturated heterocycles. The fourth-order valence-electron chi connectivity index (χ4n) is 2.19. The third-order valence-electron chi connectivity index (χ3n) is 3.50. The molecule has 0 saturated carbocycles. The van der Waals surface area contributed by atoms with E-state index in [1.54, 1.807) is 0 Å². The maximum absolute atomic E-state index is 13.0. The van der Waals surface area contributed by atoms with Gasteiger partial charge in [-0.1, -0.05) is 53.4 Å². The first-order chi connectivity index (χ1) is 11.3. The molecule has 0 aliphatic carbocycles. The first-order valence-electron chi connectivity index (χ1n) is 7.84. The summed E-state index contributed by atoms with van der Waals surface area (Å²) in [6, 6.07) is 10.1. The second-order valence-corrected chi connectivity index (χ2v) is 9.03. The van der Waals surface area contributed by atoms with Crippen molar-refractivity contribution in [1.82, 2.24) is 15.1 Å². The Bertz CT molecular complexity index is 667. The van der Waals surface area contributed by atoms with E-state index in [-0.39, 0.29) is 16.7 Å². The molecule has 0 spiro atoms. The summed E-state index contributed by atoms with van der Waals surface area (Å²) in [6.45, 7) is 8.73. The summed E-state index contributed by atoms with van der Waals surface area (Å²) in [4.78, 5) is 15.0. The zero-order valence-corrected chi connectivity index (χ0v) is 16.4. The summed E-state index contributed by atoms with van der Waals surface area (Å²) >= 11 is 2.92. The van der Waals surface area contributed by atoms with Crippen LogP contribution in [0.1, 0.15) is 33.3 Å². The highest BCUT2D eigenvalue weighted by Crippen LogP contribution is 2.31. The van der Waals surface area contributed by atoms with Gasteiger partial charge in [0.25, 0.3) is 0 Å². The Morgan fingerprint density at radius 3 is 2.50 bits per heavy atom. The molecule has 0 radical (unpaired) electrons. The summed E-state index contributed by atoms with van der Waals surface area (Å²) < 4.78 is 0.800. The van der Waals surface area contributed by atoms with E-state index in [1.165, 1.54) is 23.1 Å². The Labute approximate surface area is 151 Å². The number of benzene rings is 1. The smallest absolute Gasteiger partial charge is 0.236 e. The van der Waals surface area contributed by atoms with Gasteiger partial charge in [-0.05, 0) is 33.3 Å². The molecule has 1 amide bonds. The van der Waals surface area contributed by atoms with Gasteiger partial charge in [-0.15, -0.1) is 10.2 Å². The lowest BCUT2D eigenvalue weighted by atomic mass is 10.0. The van der Waals surface area contributed by atoms with Crippen molar-refractivity contribution in [3.8, 4) is 0 Å². The predicted octanol–water partition coefficient (Wildman–Crippen LogP) is 3.89. The molecule has 1 N–H and O–H groups in total. The van der Waals surface area contributed by atoms with Crippen LogP contribution in [-0.4, -0.2) is 38.8 Å². The maximum Gasteiger partial charge on any atom is 0.236 e. The van der Waals surface area contributed by atoms with Crippen LogP contribution in [0.25, 0.3) is 0 Å². The van der Waals surface area contributed by atoms with E-state index >= 15 is 0 Å². The van der Waals surface area contributed by atoms with Gasteiger partial charge in [-0.25, -0.2) is 0 Å². The number of thioether (sulfide) groups is 1. The molecule has 1 heterocycles. The lowest BCUT2D eigenvalue weighted by Crippen LogP contribution is -2.48. The molecule has 24 heavy (non-hydrogen) atoms. The molecule has 1 aromatic carbocycles. The summed E-state index contributed by atoms with van der Waals surface area (Å²) in [5.41, 5.74) is 0.880. The molecular formula is C17H24N4OS2. The number of nitrogens with one attached hydrogen (secondary N) is 1. The second kappa shape index (κ2) is 7.98. The van der Waals surface area contributed by atoms with Crippen LogP contribution in [0, 0.1) is 0 Å². The molecule has 2 rings (SSSR count). The highest BCUT2D eigenvalue weighted by atomic mass is 32.2. The van der Waals surface area contributed by atoms with Crippen LogP contribution in [0.2, 0.25) is 0 Å². The summed E-state index contributed by atoms with van der Waals surface area (Å²) in [7, 11) is 1.81. The standard InChI is InChI=1S/C17H24N4OS2/c1-12(23-16-20-19-15(18-5)24-16)14(22)21(17(2,3)4)11-13-9-7-6-8-10-13/h6-10,12H,11H2,1-5H3,(H,18,19)/t12-/m1/s1. The van der Waals surface area contributed by atoms with E-state index in [2.05, 4.69) is 36.3 Å². The van der Waals surface area contributed by atoms with Crippen LogP contribution >= 0.6 is 23.1 Å². The molecule has 1 atom stereocenters. The van der Waals surface area contributed by atoms with E-state index in [0.717, 1.165) is 15.0 Å². The number of rotatable bonds is 6. The average Bonchev–Trinajstić information content (AvgIpc) is 2.99. The van der Waals surface area contributed by atoms with Crippen molar-refractivity contribution in [3.63, 3.8) is 0 Å². The highest BCUT2D eigenvalue weighted by molar-refractivity contribution is 8.02. The Morgan fingerprint density at radius 2 is 1.96 bits per heavy atom. The molecule has 130 valence electrons. The van der Waals surface area contributed by atoms with Crippen molar-refractivity contribution in [3.05, 3.63) is 35.9 Å². The van der Waals surface area contributed by atoms with Crippen molar-refractivity contribution in [2.45, 2.75) is 49.4 Å². The van der Waals surface area contributed by atoms with Gasteiger partial charge in [0.1, 0.15) is 0 Å². The SMILES string of the molecule is CNc1nnc(S[C@H](C)C(=O)N(Cc2ccccc2)C(C)(C)C)s1. The molecule has 0 fully saturated rings. The van der Waals surface area contributed by atoms with Crippen LogP contribution in [0.4, 0.5) is 5.13 Å². The molecule has 1 aromatic heterocycles. The summed E-state index contributed by atoms with van der Waals surface area (Å²) in [5, 5.41) is 11.6. The zero-order chi connectivity index (χ0) is 17.7. The number of hydrogen-bond donors (Lipinski definition) is 1. The minimum absolute atomic E-state index is 0.109. The van der Waals surface area contributed by atoms with Gasteiger partial charge in [0.15, 0.2) is 4.34 Å². The minimum Gasteiger partial charge on any atom is -0.363 e. The maximum atomic E-state index is 13.0. The molecule has 0 aliphatic heterocycles. The number of aromatic nitrogens is 2. The highest BCUT2D eigenvalue weighted by Gasteiger charge is 2.30. The van der Waals surface area contributed by atoms with Crippen LogP contribution < -0.4 is 5.32 Å². The van der Waals surface area contributed by atoms with E-state index in [9.17, 15) is 4.79 Å². The van der Waals surface area contributed by atoms with E-state index in [1.807, 2.05) is 49.2 Å². The Balaban J connectivity index is 2.11. The predicted molar refractivity (Wildman–Crippen MR) is 102 cm³/mol. The fraction of sp³-hybridized carbons (Fsp3) is 0.471. The number of carbonyl (C=O) groups is 1. The summed E-state index contributed by atoms with van der Waals surface area (Å²) in [6.07, 6.45) is 0. The minimum atomic E-state index is -0.251. The van der Waals surface area contributed by atoms with E-state index in [0.29, 0.717) is 6.54 Å². The average molecular weight is 365 g/mol. The lowest BCUT2D eigenvalue weighted by molar-refractivity contribution is -0.135. The largest absolute Gasteiger partial charge is 0.363 e. The van der Waals surface area contributed by atoms with Gasteiger partial charge >= 0.3 is 0 Å². The number of nitrogens with zero attached hydrogens (tertiary/aromatic N) is 3. The third kappa shape index (κ3) is 4.95. The quantitative estimate of drug-likeness (QED) is 0.788. The van der Waals surface area contributed by atoms with Gasteiger partial charge in [-0.3, -0.25) is 4.79 Å². The van der Waals surface area contributed by atoms with Crippen LogP contribution in [0.5, 0.6) is 0 Å². The molecule has 0 bridgehead atoms. The summed E-state index contributed by atoms with van der Waals surface area (Å²) in [5.74, 6) is 0.109. The molecule has 7 heteroatoms. The Morgan fingerprint density at radius 1 is 1.29 bits per heavy atom. The first kappa shape index (κ1) is 18.7. The topological polar surface area (TPSA) is 58.1 Å². The van der Waals surface area contributed by atoms with Crippen molar-refractivity contribution in [1.29, 1.82) is 0 Å². The van der Waals surface area contributed by atoms with Crippen LogP contribution in [-0.2, 0) is 11.3 Å².